The number of nitrogens with zero attached hydrogens (tertiary/aromatic N) is 5. The summed E-state index contributed by atoms with van der Waals surface area (Å²) in [5, 5.41) is 12.9. The molecule has 0 fully saturated rings. The van der Waals surface area contributed by atoms with Gasteiger partial charge in [-0.3, -0.25) is 9.59 Å². The summed E-state index contributed by atoms with van der Waals surface area (Å²) in [7, 11) is 0. The summed E-state index contributed by atoms with van der Waals surface area (Å²) >= 11 is 0. The van der Waals surface area contributed by atoms with E-state index in [4.69, 9.17) is 9.63 Å². The van der Waals surface area contributed by atoms with Crippen LogP contribution in [-0.2, 0) is 16.1 Å². The molecule has 35 heavy (non-hydrogen) atoms. The first kappa shape index (κ1) is 22.1. The molecular formula is C24H17F2N5O4. The van der Waals surface area contributed by atoms with E-state index < -0.39 is 24.0 Å². The molecule has 0 atom stereocenters. The summed E-state index contributed by atoms with van der Waals surface area (Å²) < 4.78 is 35.6. The fraction of sp³-hybridized carbons (Fsp3) is 0.125. The molecule has 5 rings (SSSR count). The summed E-state index contributed by atoms with van der Waals surface area (Å²) in [6.45, 7) is -0.0424. The summed E-state index contributed by atoms with van der Waals surface area (Å²) in [5.41, 5.74) is 2.11. The first-order chi connectivity index (χ1) is 16.9. The summed E-state index contributed by atoms with van der Waals surface area (Å²) in [6, 6.07) is 9.74. The van der Waals surface area contributed by atoms with E-state index in [1.807, 2.05) is 0 Å². The average molecular weight is 477 g/mol. The van der Waals surface area contributed by atoms with Gasteiger partial charge >= 0.3 is 5.97 Å². The van der Waals surface area contributed by atoms with Crippen LogP contribution in [0.4, 0.5) is 14.6 Å². The van der Waals surface area contributed by atoms with Crippen LogP contribution >= 0.6 is 0 Å². The molecule has 0 amide bonds. The van der Waals surface area contributed by atoms with Crippen molar-refractivity contribution in [2.45, 2.75) is 13.0 Å². The molecule has 1 aromatic carbocycles. The smallest absolute Gasteiger partial charge is 0.308 e. The van der Waals surface area contributed by atoms with E-state index in [2.05, 4.69) is 15.1 Å². The molecule has 1 N–H and O–H groups in total. The van der Waals surface area contributed by atoms with Crippen molar-refractivity contribution in [3.8, 4) is 22.8 Å². The van der Waals surface area contributed by atoms with Gasteiger partial charge in [-0.25, -0.2) is 18.7 Å². The van der Waals surface area contributed by atoms with Crippen LogP contribution in [0.15, 0.2) is 71.4 Å². The van der Waals surface area contributed by atoms with Gasteiger partial charge in [-0.2, -0.15) is 0 Å². The van der Waals surface area contributed by atoms with Crippen LogP contribution < -0.4 is 4.90 Å². The van der Waals surface area contributed by atoms with E-state index in [9.17, 15) is 18.4 Å². The van der Waals surface area contributed by atoms with Crippen molar-refractivity contribution in [3.05, 3.63) is 84.0 Å². The standard InChI is InChI=1S/C24H17F2N5O4/c25-17-4-2-1-3-14(17)10-30-12-16(7-20(30)19-5-6-35-29-19)23-27-9-18(26)24(28-23)31-11-15(8-22(33)34)21(32)13-31/h1-7,9,11-12H,8,10,13H2,(H,33,34). The predicted octanol–water partition coefficient (Wildman–Crippen LogP) is 3.67. The number of anilines is 1. The zero-order chi connectivity index (χ0) is 24.5. The number of carboxylic acids is 1. The number of rotatable bonds is 7. The molecule has 176 valence electrons. The van der Waals surface area contributed by atoms with E-state index in [1.54, 1.807) is 41.1 Å². The summed E-state index contributed by atoms with van der Waals surface area (Å²) in [6.07, 6.45) is 4.90. The fourth-order valence-electron chi connectivity index (χ4n) is 3.84. The highest BCUT2D eigenvalue weighted by atomic mass is 19.1. The lowest BCUT2D eigenvalue weighted by molar-refractivity contribution is -0.136. The third kappa shape index (κ3) is 4.43. The van der Waals surface area contributed by atoms with Crippen LogP contribution in [0.25, 0.3) is 22.8 Å². The molecular weight excluding hydrogens is 460 g/mol. The lowest BCUT2D eigenvalue weighted by Gasteiger charge is -2.14. The van der Waals surface area contributed by atoms with E-state index in [0.717, 1.165) is 6.20 Å². The second-order valence-electron chi connectivity index (χ2n) is 7.86. The van der Waals surface area contributed by atoms with Crippen molar-refractivity contribution in [1.82, 2.24) is 19.7 Å². The van der Waals surface area contributed by atoms with E-state index in [-0.39, 0.29) is 36.1 Å². The lowest BCUT2D eigenvalue weighted by Crippen LogP contribution is -2.20. The Labute approximate surface area is 196 Å². The van der Waals surface area contributed by atoms with Crippen molar-refractivity contribution in [1.29, 1.82) is 0 Å². The Balaban J connectivity index is 1.53. The number of aromatic nitrogens is 4. The first-order valence-corrected chi connectivity index (χ1v) is 10.5. The van der Waals surface area contributed by atoms with Gasteiger partial charge in [0.2, 0.25) is 0 Å². The average Bonchev–Trinajstić information content (AvgIpc) is 3.56. The zero-order valence-electron chi connectivity index (χ0n) is 18.1. The largest absolute Gasteiger partial charge is 0.481 e. The van der Waals surface area contributed by atoms with Crippen molar-refractivity contribution in [3.63, 3.8) is 0 Å². The van der Waals surface area contributed by atoms with E-state index >= 15 is 0 Å². The molecule has 0 unspecified atom stereocenters. The van der Waals surface area contributed by atoms with Gasteiger partial charge in [-0.15, -0.1) is 0 Å². The van der Waals surface area contributed by atoms with Gasteiger partial charge in [0.1, 0.15) is 17.8 Å². The van der Waals surface area contributed by atoms with Crippen LogP contribution in [0.3, 0.4) is 0 Å². The summed E-state index contributed by atoms with van der Waals surface area (Å²) in [4.78, 5) is 32.8. The van der Waals surface area contributed by atoms with Gasteiger partial charge in [-0.1, -0.05) is 23.4 Å². The van der Waals surface area contributed by atoms with Gasteiger partial charge < -0.3 is 19.1 Å². The van der Waals surface area contributed by atoms with Crippen molar-refractivity contribution in [2.75, 3.05) is 11.4 Å². The molecule has 0 saturated heterocycles. The Morgan fingerprint density at radius 2 is 2.00 bits per heavy atom. The SMILES string of the molecule is O=C(O)CC1=CN(c2nc(-c3cc(-c4ccon4)n(Cc4ccccc4F)c3)ncc2F)CC1=O. The number of benzene rings is 1. The number of ketones is 1. The van der Waals surface area contributed by atoms with E-state index in [1.165, 1.54) is 23.4 Å². The minimum atomic E-state index is -1.16. The van der Waals surface area contributed by atoms with Crippen LogP contribution in [0, 0.1) is 11.6 Å². The molecule has 3 aromatic heterocycles. The number of halogens is 2. The quantitative estimate of drug-likeness (QED) is 0.429. The predicted molar refractivity (Wildman–Crippen MR) is 119 cm³/mol. The maximum absolute atomic E-state index is 14.6. The number of carbonyl (C=O) groups is 2. The maximum atomic E-state index is 14.6. The second-order valence-corrected chi connectivity index (χ2v) is 7.86. The molecule has 1 aliphatic rings. The molecule has 11 heteroatoms. The molecule has 0 saturated carbocycles. The Morgan fingerprint density at radius 3 is 2.74 bits per heavy atom. The number of hydrogen-bond donors (Lipinski definition) is 1. The Morgan fingerprint density at radius 1 is 1.17 bits per heavy atom. The molecule has 4 heterocycles. The number of Topliss-reactive ketones (excluding diaryl/α,β-unsaturated/α-hetero) is 1. The Bertz CT molecular complexity index is 1460. The maximum Gasteiger partial charge on any atom is 0.308 e. The van der Waals surface area contributed by atoms with Crippen LogP contribution in [0.1, 0.15) is 12.0 Å². The van der Waals surface area contributed by atoms with Gasteiger partial charge in [0, 0.05) is 35.2 Å². The van der Waals surface area contributed by atoms with E-state index in [0.29, 0.717) is 22.5 Å². The Hall–Kier alpha value is -4.67. The van der Waals surface area contributed by atoms with Gasteiger partial charge in [0.25, 0.3) is 0 Å². The minimum absolute atomic E-state index is 0.0569. The fourth-order valence-corrected chi connectivity index (χ4v) is 3.84. The highest BCUT2D eigenvalue weighted by Crippen LogP contribution is 2.30. The van der Waals surface area contributed by atoms with Crippen molar-refractivity contribution >= 4 is 17.6 Å². The number of carbonyl (C=O) groups excluding carboxylic acids is 1. The zero-order valence-corrected chi connectivity index (χ0v) is 18.1. The van der Waals surface area contributed by atoms with Crippen molar-refractivity contribution in [2.24, 2.45) is 0 Å². The lowest BCUT2D eigenvalue weighted by atomic mass is 10.1. The molecule has 1 aliphatic heterocycles. The summed E-state index contributed by atoms with van der Waals surface area (Å²) in [5.74, 6) is -2.71. The van der Waals surface area contributed by atoms with Gasteiger partial charge in [0.05, 0.1) is 31.4 Å². The molecule has 0 bridgehead atoms. The third-order valence-electron chi connectivity index (χ3n) is 5.48. The number of hydrogen-bond acceptors (Lipinski definition) is 7. The topological polar surface area (TPSA) is 114 Å². The molecule has 4 aromatic rings. The minimum Gasteiger partial charge on any atom is -0.481 e. The normalized spacial score (nSPS) is 13.4. The molecule has 0 radical (unpaired) electrons. The Kier molecular flexibility index (Phi) is 5.65. The monoisotopic (exact) mass is 477 g/mol. The third-order valence-corrected chi connectivity index (χ3v) is 5.48. The number of carboxylic acid groups (broad SMARTS) is 1. The highest BCUT2D eigenvalue weighted by molar-refractivity contribution is 6.04. The van der Waals surface area contributed by atoms with Gasteiger partial charge in [-0.05, 0) is 12.1 Å². The first-order valence-electron chi connectivity index (χ1n) is 10.5. The molecule has 9 nitrogen and oxygen atoms in total. The van der Waals surface area contributed by atoms with Crippen molar-refractivity contribution < 1.29 is 28.0 Å². The van der Waals surface area contributed by atoms with Gasteiger partial charge in [0.15, 0.2) is 23.2 Å². The molecule has 0 spiro atoms. The second kappa shape index (κ2) is 8.93. The highest BCUT2D eigenvalue weighted by Gasteiger charge is 2.27. The molecule has 0 aliphatic carbocycles. The van der Waals surface area contributed by atoms with Crippen LogP contribution in [0.2, 0.25) is 0 Å². The number of aliphatic carboxylic acids is 1. The van der Waals surface area contributed by atoms with Crippen LogP contribution in [0.5, 0.6) is 0 Å². The van der Waals surface area contributed by atoms with Crippen LogP contribution in [-0.4, -0.2) is 43.1 Å².